The Morgan fingerprint density at radius 1 is 1.09 bits per heavy atom. The van der Waals surface area contributed by atoms with Crippen molar-refractivity contribution in [2.75, 3.05) is 18.0 Å². The van der Waals surface area contributed by atoms with Crippen molar-refractivity contribution in [1.29, 1.82) is 0 Å². The summed E-state index contributed by atoms with van der Waals surface area (Å²) in [6, 6.07) is 14.7. The summed E-state index contributed by atoms with van der Waals surface area (Å²) in [6.07, 6.45) is 0. The van der Waals surface area contributed by atoms with Crippen molar-refractivity contribution in [2.24, 2.45) is 0 Å². The van der Waals surface area contributed by atoms with Crippen LogP contribution in [-0.2, 0) is 19.6 Å². The third kappa shape index (κ3) is 3.66. The van der Waals surface area contributed by atoms with Crippen LogP contribution in [0.4, 0.5) is 5.69 Å². The van der Waals surface area contributed by atoms with Gasteiger partial charge in [0.1, 0.15) is 6.54 Å². The van der Waals surface area contributed by atoms with Crippen LogP contribution in [0.25, 0.3) is 0 Å². The van der Waals surface area contributed by atoms with E-state index in [4.69, 9.17) is 0 Å². The largest absolute Gasteiger partial charge is 0.468 e. The van der Waals surface area contributed by atoms with E-state index in [1.807, 2.05) is 0 Å². The Balaban J connectivity index is 2.47. The number of anilines is 1. The van der Waals surface area contributed by atoms with Gasteiger partial charge in [-0.3, -0.25) is 9.10 Å². The summed E-state index contributed by atoms with van der Waals surface area (Å²) in [4.78, 5) is 11.7. The molecule has 5 nitrogen and oxygen atoms in total. The number of rotatable bonds is 5. The van der Waals surface area contributed by atoms with Crippen molar-refractivity contribution in [1.82, 2.24) is 0 Å². The Morgan fingerprint density at radius 3 is 2.23 bits per heavy atom. The molecule has 0 atom stereocenters. The van der Waals surface area contributed by atoms with Gasteiger partial charge in [0.15, 0.2) is 0 Å². The van der Waals surface area contributed by atoms with E-state index in [9.17, 15) is 13.2 Å². The van der Waals surface area contributed by atoms with Crippen LogP contribution in [0.2, 0.25) is 0 Å². The van der Waals surface area contributed by atoms with Gasteiger partial charge < -0.3 is 4.74 Å². The van der Waals surface area contributed by atoms with Crippen molar-refractivity contribution >= 4 is 37.6 Å². The molecule has 7 heteroatoms. The quantitative estimate of drug-likeness (QED) is 0.744. The van der Waals surface area contributed by atoms with Crippen LogP contribution in [0.3, 0.4) is 0 Å². The van der Waals surface area contributed by atoms with Gasteiger partial charge in [-0.1, -0.05) is 34.1 Å². The van der Waals surface area contributed by atoms with E-state index in [1.54, 1.807) is 42.5 Å². The van der Waals surface area contributed by atoms with Crippen molar-refractivity contribution < 1.29 is 17.9 Å². The molecule has 2 aromatic rings. The fourth-order valence-corrected chi connectivity index (χ4v) is 3.50. The third-order valence-electron chi connectivity index (χ3n) is 2.95. The molecule has 0 amide bonds. The summed E-state index contributed by atoms with van der Waals surface area (Å²) in [6.45, 7) is -0.390. The lowest BCUT2D eigenvalue weighted by molar-refractivity contribution is -0.138. The van der Waals surface area contributed by atoms with E-state index in [1.165, 1.54) is 19.2 Å². The number of hydrogen-bond donors (Lipinski definition) is 0. The minimum absolute atomic E-state index is 0.100. The van der Waals surface area contributed by atoms with Crippen LogP contribution in [0.5, 0.6) is 0 Å². The van der Waals surface area contributed by atoms with Crippen LogP contribution in [0.1, 0.15) is 0 Å². The maximum absolute atomic E-state index is 12.8. The average Bonchev–Trinajstić information content (AvgIpc) is 2.53. The minimum Gasteiger partial charge on any atom is -0.468 e. The first-order chi connectivity index (χ1) is 10.4. The summed E-state index contributed by atoms with van der Waals surface area (Å²) < 4.78 is 32.0. The number of carbonyl (C=O) groups is 1. The highest BCUT2D eigenvalue weighted by Crippen LogP contribution is 2.24. The first-order valence-corrected chi connectivity index (χ1v) is 8.58. The lowest BCUT2D eigenvalue weighted by Crippen LogP contribution is -2.36. The number of para-hydroxylation sites is 1. The van der Waals surface area contributed by atoms with E-state index < -0.39 is 16.0 Å². The van der Waals surface area contributed by atoms with Crippen molar-refractivity contribution in [3.8, 4) is 0 Å². The number of sulfonamides is 1. The second kappa shape index (κ2) is 6.93. The van der Waals surface area contributed by atoms with Crippen LogP contribution < -0.4 is 4.31 Å². The Hall–Kier alpha value is -1.86. The number of halogens is 1. The average molecular weight is 384 g/mol. The molecule has 0 aliphatic heterocycles. The summed E-state index contributed by atoms with van der Waals surface area (Å²) >= 11 is 3.26. The molecule has 0 saturated carbocycles. The van der Waals surface area contributed by atoms with Gasteiger partial charge in [-0.15, -0.1) is 0 Å². The molecule has 0 bridgehead atoms. The summed E-state index contributed by atoms with van der Waals surface area (Å²) in [5, 5.41) is 0. The zero-order chi connectivity index (χ0) is 16.2. The van der Waals surface area contributed by atoms with E-state index in [-0.39, 0.29) is 11.4 Å². The number of ether oxygens (including phenoxy) is 1. The number of carbonyl (C=O) groups excluding carboxylic acids is 1. The molecule has 0 aliphatic carbocycles. The molecule has 0 heterocycles. The highest BCUT2D eigenvalue weighted by Gasteiger charge is 2.27. The molecule has 0 spiro atoms. The van der Waals surface area contributed by atoms with Crippen LogP contribution in [0, 0.1) is 0 Å². The van der Waals surface area contributed by atoms with Crippen LogP contribution in [-0.4, -0.2) is 28.0 Å². The molecule has 116 valence electrons. The number of nitrogens with zero attached hydrogens (tertiary/aromatic N) is 1. The molecule has 0 unspecified atom stereocenters. The second-order valence-corrected chi connectivity index (χ2v) is 7.16. The van der Waals surface area contributed by atoms with Gasteiger partial charge in [0, 0.05) is 4.47 Å². The minimum atomic E-state index is -3.86. The topological polar surface area (TPSA) is 63.7 Å². The standard InChI is InChI=1S/C15H14BrNO4S/c1-21-15(18)11-17(13-5-3-2-4-6-13)22(19,20)14-9-7-12(16)8-10-14/h2-10H,11H2,1H3. The predicted octanol–water partition coefficient (Wildman–Crippen LogP) is 2.82. The fraction of sp³-hybridized carbons (Fsp3) is 0.133. The predicted molar refractivity (Wildman–Crippen MR) is 87.1 cm³/mol. The van der Waals surface area contributed by atoms with Crippen LogP contribution >= 0.6 is 15.9 Å². The zero-order valence-corrected chi connectivity index (χ0v) is 14.2. The van der Waals surface area contributed by atoms with Gasteiger partial charge in [0.05, 0.1) is 17.7 Å². The first kappa shape index (κ1) is 16.5. The number of benzene rings is 2. The maximum Gasteiger partial charge on any atom is 0.326 e. The second-order valence-electron chi connectivity index (χ2n) is 4.38. The SMILES string of the molecule is COC(=O)CN(c1ccccc1)S(=O)(=O)c1ccc(Br)cc1. The molecule has 2 aromatic carbocycles. The molecule has 0 aliphatic rings. The number of esters is 1. The smallest absolute Gasteiger partial charge is 0.326 e. The number of methoxy groups -OCH3 is 1. The third-order valence-corrected chi connectivity index (χ3v) is 5.26. The Morgan fingerprint density at radius 2 is 1.68 bits per heavy atom. The zero-order valence-electron chi connectivity index (χ0n) is 11.8. The lowest BCUT2D eigenvalue weighted by atomic mass is 10.3. The van der Waals surface area contributed by atoms with E-state index >= 15 is 0 Å². The normalized spacial score (nSPS) is 11.0. The monoisotopic (exact) mass is 383 g/mol. The van der Waals surface area contributed by atoms with Gasteiger partial charge >= 0.3 is 5.97 Å². The summed E-state index contributed by atoms with van der Waals surface area (Å²) in [7, 11) is -2.64. The van der Waals surface area contributed by atoms with E-state index in [2.05, 4.69) is 20.7 Å². The van der Waals surface area contributed by atoms with Gasteiger partial charge in [-0.05, 0) is 36.4 Å². The lowest BCUT2D eigenvalue weighted by Gasteiger charge is -2.23. The maximum atomic E-state index is 12.8. The van der Waals surface area contributed by atoms with Crippen molar-refractivity contribution in [2.45, 2.75) is 4.90 Å². The Labute approximate surface area is 137 Å². The van der Waals surface area contributed by atoms with Crippen LogP contribution in [0.15, 0.2) is 64.0 Å². The molecule has 0 fully saturated rings. The highest BCUT2D eigenvalue weighted by atomic mass is 79.9. The molecule has 2 rings (SSSR count). The Kier molecular flexibility index (Phi) is 5.20. The molecule has 0 aromatic heterocycles. The van der Waals surface area contributed by atoms with Gasteiger partial charge in [-0.25, -0.2) is 8.42 Å². The molecular weight excluding hydrogens is 370 g/mol. The molecular formula is C15H14BrNO4S. The first-order valence-electron chi connectivity index (χ1n) is 6.35. The molecule has 22 heavy (non-hydrogen) atoms. The van der Waals surface area contributed by atoms with Gasteiger partial charge in [0.25, 0.3) is 10.0 Å². The Bertz CT molecular complexity index is 745. The van der Waals surface area contributed by atoms with Crippen molar-refractivity contribution in [3.63, 3.8) is 0 Å². The molecule has 0 saturated heterocycles. The highest BCUT2D eigenvalue weighted by molar-refractivity contribution is 9.10. The summed E-state index contributed by atoms with van der Waals surface area (Å²) in [5.41, 5.74) is 0.399. The summed E-state index contributed by atoms with van der Waals surface area (Å²) in [5.74, 6) is -0.635. The van der Waals surface area contributed by atoms with Crippen molar-refractivity contribution in [3.05, 3.63) is 59.1 Å². The fourth-order valence-electron chi connectivity index (χ4n) is 1.82. The molecule has 0 radical (unpaired) electrons. The van der Waals surface area contributed by atoms with E-state index in [0.717, 1.165) is 8.78 Å². The number of hydrogen-bond acceptors (Lipinski definition) is 4. The van der Waals surface area contributed by atoms with Gasteiger partial charge in [0.2, 0.25) is 0 Å². The molecule has 0 N–H and O–H groups in total. The van der Waals surface area contributed by atoms with Gasteiger partial charge in [-0.2, -0.15) is 0 Å². The van der Waals surface area contributed by atoms with E-state index in [0.29, 0.717) is 5.69 Å².